The predicted octanol–water partition coefficient (Wildman–Crippen LogP) is 2.58. The lowest BCUT2D eigenvalue weighted by atomic mass is 10.1. The second-order valence-electron chi connectivity index (χ2n) is 7.23. The first kappa shape index (κ1) is 25.5. The molecule has 1 aliphatic heterocycles. The van der Waals surface area contributed by atoms with Crippen LogP contribution >= 0.6 is 22.9 Å². The molecule has 0 aliphatic carbocycles. The van der Waals surface area contributed by atoms with Crippen LogP contribution < -0.4 is 20.9 Å². The number of amides is 4. The SMILES string of the molecule is CC(=O)N[C@@H](CNC(=O)c1ccc(Cl)s1)C(=O)Nc1ccc(N2CCOCC2=O)c(C(F)F)c1. The number of rotatable bonds is 8. The highest BCUT2D eigenvalue weighted by Crippen LogP contribution is 2.33. The number of anilines is 2. The second-order valence-corrected chi connectivity index (χ2v) is 8.94. The van der Waals surface area contributed by atoms with Crippen LogP contribution in [0.2, 0.25) is 4.34 Å². The summed E-state index contributed by atoms with van der Waals surface area (Å²) in [5.41, 5.74) is -0.370. The van der Waals surface area contributed by atoms with E-state index >= 15 is 0 Å². The number of alkyl halides is 2. The lowest BCUT2D eigenvalue weighted by Crippen LogP contribution is -2.50. The minimum Gasteiger partial charge on any atom is -0.370 e. The first-order valence-corrected chi connectivity index (χ1v) is 11.3. The van der Waals surface area contributed by atoms with E-state index in [0.29, 0.717) is 9.21 Å². The van der Waals surface area contributed by atoms with Gasteiger partial charge >= 0.3 is 0 Å². The number of benzene rings is 1. The maximum Gasteiger partial charge on any atom is 0.265 e. The molecule has 0 bridgehead atoms. The summed E-state index contributed by atoms with van der Waals surface area (Å²) in [5.74, 6) is -2.18. The van der Waals surface area contributed by atoms with Crippen molar-refractivity contribution >= 4 is 57.9 Å². The Labute approximate surface area is 202 Å². The van der Waals surface area contributed by atoms with Crippen LogP contribution in [0.25, 0.3) is 0 Å². The molecule has 0 unspecified atom stereocenters. The van der Waals surface area contributed by atoms with Crippen molar-refractivity contribution in [2.45, 2.75) is 19.4 Å². The van der Waals surface area contributed by atoms with Gasteiger partial charge in [-0.25, -0.2) is 8.78 Å². The summed E-state index contributed by atoms with van der Waals surface area (Å²) in [6.07, 6.45) is -2.91. The largest absolute Gasteiger partial charge is 0.370 e. The molecule has 2 heterocycles. The minimum absolute atomic E-state index is 0.0292. The molecule has 1 fully saturated rings. The molecule has 1 atom stereocenters. The molecule has 1 aromatic carbocycles. The van der Waals surface area contributed by atoms with Crippen LogP contribution in [0.1, 0.15) is 28.6 Å². The van der Waals surface area contributed by atoms with Gasteiger partial charge in [0, 0.05) is 31.3 Å². The topological polar surface area (TPSA) is 117 Å². The number of morpholine rings is 1. The van der Waals surface area contributed by atoms with Crippen LogP contribution in [-0.4, -0.2) is 56.0 Å². The van der Waals surface area contributed by atoms with Gasteiger partial charge in [0.1, 0.15) is 12.6 Å². The fraction of sp³-hybridized carbons (Fsp3) is 0.333. The molecule has 13 heteroatoms. The minimum atomic E-state index is -2.91. The number of hydrogen-bond acceptors (Lipinski definition) is 6. The second kappa shape index (κ2) is 11.4. The maximum absolute atomic E-state index is 13.7. The van der Waals surface area contributed by atoms with Gasteiger partial charge in [0.25, 0.3) is 18.2 Å². The Balaban J connectivity index is 1.73. The monoisotopic (exact) mass is 514 g/mol. The van der Waals surface area contributed by atoms with E-state index in [0.717, 1.165) is 17.4 Å². The number of nitrogens with one attached hydrogen (secondary N) is 3. The Morgan fingerprint density at radius 2 is 2.00 bits per heavy atom. The third-order valence-corrected chi connectivity index (χ3v) is 5.99. The van der Waals surface area contributed by atoms with E-state index in [1.54, 1.807) is 6.07 Å². The maximum atomic E-state index is 13.7. The summed E-state index contributed by atoms with van der Waals surface area (Å²) in [6, 6.07) is 5.65. The molecule has 34 heavy (non-hydrogen) atoms. The van der Waals surface area contributed by atoms with Gasteiger partial charge in [0.05, 0.1) is 21.5 Å². The molecular formula is C21H21ClF2N4O5S. The summed E-state index contributed by atoms with van der Waals surface area (Å²) in [5, 5.41) is 7.41. The van der Waals surface area contributed by atoms with Crippen molar-refractivity contribution in [3.8, 4) is 0 Å². The average Bonchev–Trinajstić information content (AvgIpc) is 3.23. The molecule has 3 N–H and O–H groups in total. The molecule has 2 aromatic rings. The van der Waals surface area contributed by atoms with E-state index < -0.39 is 41.7 Å². The fourth-order valence-corrected chi connectivity index (χ4v) is 4.19. The van der Waals surface area contributed by atoms with Gasteiger partial charge < -0.3 is 25.6 Å². The summed E-state index contributed by atoms with van der Waals surface area (Å²) in [7, 11) is 0. The Morgan fingerprint density at radius 1 is 1.24 bits per heavy atom. The predicted molar refractivity (Wildman–Crippen MR) is 122 cm³/mol. The summed E-state index contributed by atoms with van der Waals surface area (Å²) >= 11 is 6.87. The molecule has 1 aliphatic rings. The van der Waals surface area contributed by atoms with Gasteiger partial charge in [-0.3, -0.25) is 19.2 Å². The molecule has 9 nitrogen and oxygen atoms in total. The zero-order valence-corrected chi connectivity index (χ0v) is 19.5. The van der Waals surface area contributed by atoms with Crippen molar-refractivity contribution in [3.63, 3.8) is 0 Å². The van der Waals surface area contributed by atoms with Crippen molar-refractivity contribution in [1.29, 1.82) is 0 Å². The first-order valence-electron chi connectivity index (χ1n) is 10.1. The quantitative estimate of drug-likeness (QED) is 0.500. The number of hydrogen-bond donors (Lipinski definition) is 3. The molecule has 3 rings (SSSR count). The van der Waals surface area contributed by atoms with Crippen molar-refractivity contribution in [1.82, 2.24) is 10.6 Å². The lowest BCUT2D eigenvalue weighted by Gasteiger charge is -2.29. The molecule has 1 saturated heterocycles. The van der Waals surface area contributed by atoms with Crippen LogP contribution in [-0.2, 0) is 19.1 Å². The van der Waals surface area contributed by atoms with Gasteiger partial charge in [-0.1, -0.05) is 11.6 Å². The third kappa shape index (κ3) is 6.49. The molecule has 1 aromatic heterocycles. The summed E-state index contributed by atoms with van der Waals surface area (Å²) in [6.45, 7) is 1.09. The smallest absolute Gasteiger partial charge is 0.265 e. The van der Waals surface area contributed by atoms with Gasteiger partial charge in [0.2, 0.25) is 11.8 Å². The Bertz CT molecular complexity index is 1100. The first-order chi connectivity index (χ1) is 16.2. The number of ether oxygens (including phenoxy) is 1. The Morgan fingerprint density at radius 3 is 2.62 bits per heavy atom. The molecular weight excluding hydrogens is 494 g/mol. The molecule has 0 saturated carbocycles. The zero-order valence-electron chi connectivity index (χ0n) is 17.9. The van der Waals surface area contributed by atoms with Crippen LogP contribution in [0.5, 0.6) is 0 Å². The highest BCUT2D eigenvalue weighted by atomic mass is 35.5. The van der Waals surface area contributed by atoms with E-state index in [2.05, 4.69) is 16.0 Å². The van der Waals surface area contributed by atoms with Crippen LogP contribution in [0.15, 0.2) is 30.3 Å². The van der Waals surface area contributed by atoms with Crippen molar-refractivity contribution < 1.29 is 32.7 Å². The Kier molecular flexibility index (Phi) is 8.53. The van der Waals surface area contributed by atoms with Crippen molar-refractivity contribution in [2.75, 3.05) is 36.5 Å². The zero-order chi connectivity index (χ0) is 24.8. The normalized spacial score (nSPS) is 14.6. The van der Waals surface area contributed by atoms with E-state index in [1.807, 2.05) is 0 Å². The number of nitrogens with zero attached hydrogens (tertiary/aromatic N) is 1. The van der Waals surface area contributed by atoms with Gasteiger partial charge in [-0.15, -0.1) is 11.3 Å². The highest BCUT2D eigenvalue weighted by Gasteiger charge is 2.27. The lowest BCUT2D eigenvalue weighted by molar-refractivity contribution is -0.125. The average molecular weight is 515 g/mol. The third-order valence-electron chi connectivity index (χ3n) is 4.76. The standard InChI is InChI=1S/C21H21ClF2N4O5S/c1-11(29)26-14(9-25-21(32)16-4-5-17(22)34-16)20(31)27-12-2-3-15(13(8-12)19(23)24)28-6-7-33-10-18(28)30/h2-5,8,14,19H,6-7,9-10H2,1H3,(H,25,32)(H,26,29)(H,27,31)/t14-/m0/s1. The van der Waals surface area contributed by atoms with E-state index in [9.17, 15) is 28.0 Å². The van der Waals surface area contributed by atoms with Crippen LogP contribution in [0, 0.1) is 0 Å². The van der Waals surface area contributed by atoms with Crippen LogP contribution in [0.3, 0.4) is 0 Å². The van der Waals surface area contributed by atoms with E-state index in [-0.39, 0.29) is 37.7 Å². The van der Waals surface area contributed by atoms with Crippen molar-refractivity contribution in [3.05, 3.63) is 45.1 Å². The van der Waals surface area contributed by atoms with Crippen LogP contribution in [0.4, 0.5) is 20.2 Å². The molecule has 0 spiro atoms. The van der Waals surface area contributed by atoms with Gasteiger partial charge in [0.15, 0.2) is 0 Å². The number of halogens is 3. The Hall–Kier alpha value is -3.09. The van der Waals surface area contributed by atoms with Gasteiger partial charge in [-0.2, -0.15) is 0 Å². The van der Waals surface area contributed by atoms with E-state index in [1.165, 1.54) is 30.0 Å². The number of carbonyl (C=O) groups is 4. The summed E-state index contributed by atoms with van der Waals surface area (Å²) < 4.78 is 32.9. The summed E-state index contributed by atoms with van der Waals surface area (Å²) in [4.78, 5) is 50.1. The molecule has 0 radical (unpaired) electrons. The fourth-order valence-electron chi connectivity index (χ4n) is 3.23. The van der Waals surface area contributed by atoms with Crippen molar-refractivity contribution in [2.24, 2.45) is 0 Å². The molecule has 4 amide bonds. The van der Waals surface area contributed by atoms with E-state index in [4.69, 9.17) is 16.3 Å². The number of carbonyl (C=O) groups excluding carboxylic acids is 4. The number of thiophene rings is 1. The highest BCUT2D eigenvalue weighted by molar-refractivity contribution is 7.18. The van der Waals surface area contributed by atoms with Gasteiger partial charge in [-0.05, 0) is 30.3 Å². The molecule has 182 valence electrons.